The van der Waals surface area contributed by atoms with Gasteiger partial charge >= 0.3 is 0 Å². The highest BCUT2D eigenvalue weighted by molar-refractivity contribution is 7.12. The van der Waals surface area contributed by atoms with E-state index in [1.807, 2.05) is 11.3 Å². The SMILES string of the molecule is CC(C)(C)c1ccc(C2CC2CCl)s1. The quantitative estimate of drug-likeness (QED) is 0.659. The fraction of sp³-hybridized carbons (Fsp3) is 0.667. The lowest BCUT2D eigenvalue weighted by molar-refractivity contribution is 0.604. The van der Waals surface area contributed by atoms with E-state index >= 15 is 0 Å². The first-order valence-corrected chi connectivity index (χ1v) is 6.53. The lowest BCUT2D eigenvalue weighted by Crippen LogP contribution is -2.07. The first-order valence-electron chi connectivity index (χ1n) is 5.18. The van der Waals surface area contributed by atoms with Crippen LogP contribution in [0.5, 0.6) is 0 Å². The summed E-state index contributed by atoms with van der Waals surface area (Å²) in [5, 5.41) is 0. The zero-order valence-corrected chi connectivity index (χ0v) is 10.6. The predicted molar refractivity (Wildman–Crippen MR) is 64.6 cm³/mol. The summed E-state index contributed by atoms with van der Waals surface area (Å²) >= 11 is 7.82. The maximum absolute atomic E-state index is 5.84. The Morgan fingerprint density at radius 2 is 2.14 bits per heavy atom. The van der Waals surface area contributed by atoms with Gasteiger partial charge in [0.15, 0.2) is 0 Å². The summed E-state index contributed by atoms with van der Waals surface area (Å²) in [6, 6.07) is 4.58. The van der Waals surface area contributed by atoms with Crippen molar-refractivity contribution in [3.05, 3.63) is 21.9 Å². The molecule has 0 saturated heterocycles. The molecule has 0 amide bonds. The summed E-state index contributed by atoms with van der Waals surface area (Å²) in [7, 11) is 0. The number of hydrogen-bond donors (Lipinski definition) is 0. The van der Waals surface area contributed by atoms with Gasteiger partial charge in [0.2, 0.25) is 0 Å². The fourth-order valence-corrected chi connectivity index (χ4v) is 3.34. The molecule has 2 rings (SSSR count). The van der Waals surface area contributed by atoms with Gasteiger partial charge in [0.05, 0.1) is 0 Å². The highest BCUT2D eigenvalue weighted by Gasteiger charge is 2.38. The maximum Gasteiger partial charge on any atom is 0.0258 e. The summed E-state index contributed by atoms with van der Waals surface area (Å²) in [5.41, 5.74) is 0.300. The summed E-state index contributed by atoms with van der Waals surface area (Å²) < 4.78 is 0. The number of rotatable bonds is 2. The lowest BCUT2D eigenvalue weighted by atomic mass is 9.95. The average molecular weight is 229 g/mol. The molecule has 2 unspecified atom stereocenters. The molecule has 0 nitrogen and oxygen atoms in total. The molecule has 0 aliphatic heterocycles. The number of alkyl halides is 1. The van der Waals surface area contributed by atoms with Crippen molar-refractivity contribution in [1.29, 1.82) is 0 Å². The maximum atomic E-state index is 5.84. The van der Waals surface area contributed by atoms with E-state index < -0.39 is 0 Å². The van der Waals surface area contributed by atoms with Gasteiger partial charge in [-0.1, -0.05) is 20.8 Å². The largest absolute Gasteiger partial charge is 0.145 e. The minimum absolute atomic E-state index is 0.300. The second-order valence-corrected chi connectivity index (χ2v) is 6.63. The van der Waals surface area contributed by atoms with Gasteiger partial charge in [-0.15, -0.1) is 22.9 Å². The number of thiophene rings is 1. The lowest BCUT2D eigenvalue weighted by Gasteiger charge is -2.15. The molecule has 1 aromatic heterocycles. The standard InChI is InChI=1S/C12H17ClS/c1-12(2,3)11-5-4-10(14-11)9-6-8(9)7-13/h4-5,8-9H,6-7H2,1-3H3. The van der Waals surface area contributed by atoms with Crippen LogP contribution in [0.1, 0.15) is 42.9 Å². The van der Waals surface area contributed by atoms with Crippen molar-refractivity contribution in [2.75, 3.05) is 5.88 Å². The van der Waals surface area contributed by atoms with Gasteiger partial charge in [-0.2, -0.15) is 0 Å². The Kier molecular flexibility index (Phi) is 2.65. The van der Waals surface area contributed by atoms with Crippen LogP contribution in [-0.4, -0.2) is 5.88 Å². The molecular formula is C12H17ClS. The molecule has 1 fully saturated rings. The molecule has 0 bridgehead atoms. The minimum Gasteiger partial charge on any atom is -0.145 e. The van der Waals surface area contributed by atoms with Crippen molar-refractivity contribution in [3.8, 4) is 0 Å². The molecule has 0 radical (unpaired) electrons. The van der Waals surface area contributed by atoms with Crippen molar-refractivity contribution in [2.45, 2.75) is 38.5 Å². The molecule has 1 saturated carbocycles. The van der Waals surface area contributed by atoms with Crippen molar-refractivity contribution >= 4 is 22.9 Å². The molecule has 1 heterocycles. The molecule has 2 atom stereocenters. The van der Waals surface area contributed by atoms with Crippen LogP contribution in [0.25, 0.3) is 0 Å². The van der Waals surface area contributed by atoms with Crippen LogP contribution in [-0.2, 0) is 5.41 Å². The Morgan fingerprint density at radius 1 is 1.43 bits per heavy atom. The van der Waals surface area contributed by atoms with E-state index in [0.29, 0.717) is 5.41 Å². The predicted octanol–water partition coefficient (Wildman–Crippen LogP) is 4.39. The molecule has 1 aromatic rings. The molecule has 1 aliphatic carbocycles. The molecule has 78 valence electrons. The minimum atomic E-state index is 0.300. The van der Waals surface area contributed by atoms with E-state index in [1.54, 1.807) is 4.88 Å². The van der Waals surface area contributed by atoms with Crippen molar-refractivity contribution in [3.63, 3.8) is 0 Å². The third kappa shape index (κ3) is 1.99. The zero-order chi connectivity index (χ0) is 10.3. The van der Waals surface area contributed by atoms with E-state index in [2.05, 4.69) is 32.9 Å². The Balaban J connectivity index is 2.12. The third-order valence-corrected chi connectivity index (χ3v) is 4.89. The monoisotopic (exact) mass is 228 g/mol. The summed E-state index contributed by atoms with van der Waals surface area (Å²) in [6.07, 6.45) is 1.30. The topological polar surface area (TPSA) is 0 Å². The second kappa shape index (κ2) is 3.53. The fourth-order valence-electron chi connectivity index (χ4n) is 1.72. The van der Waals surface area contributed by atoms with Gasteiger partial charge in [0, 0.05) is 15.6 Å². The van der Waals surface area contributed by atoms with Crippen LogP contribution in [0, 0.1) is 5.92 Å². The second-order valence-electron chi connectivity index (χ2n) is 5.21. The van der Waals surface area contributed by atoms with E-state index in [0.717, 1.165) is 17.7 Å². The molecule has 14 heavy (non-hydrogen) atoms. The molecule has 0 N–H and O–H groups in total. The van der Waals surface area contributed by atoms with Crippen molar-refractivity contribution in [1.82, 2.24) is 0 Å². The highest BCUT2D eigenvalue weighted by atomic mass is 35.5. The Hall–Kier alpha value is -0.0100. The van der Waals surface area contributed by atoms with Gasteiger partial charge < -0.3 is 0 Å². The highest BCUT2D eigenvalue weighted by Crippen LogP contribution is 2.50. The van der Waals surface area contributed by atoms with Gasteiger partial charge in [-0.25, -0.2) is 0 Å². The van der Waals surface area contributed by atoms with E-state index in [-0.39, 0.29) is 0 Å². The Bertz CT molecular complexity index is 321. The van der Waals surface area contributed by atoms with E-state index in [4.69, 9.17) is 11.6 Å². The van der Waals surface area contributed by atoms with E-state index in [1.165, 1.54) is 11.3 Å². The number of hydrogen-bond acceptors (Lipinski definition) is 1. The Labute approximate surface area is 95.3 Å². The van der Waals surface area contributed by atoms with Gasteiger partial charge in [0.25, 0.3) is 0 Å². The Morgan fingerprint density at radius 3 is 2.57 bits per heavy atom. The third-order valence-electron chi connectivity index (χ3n) is 2.85. The van der Waals surface area contributed by atoms with Crippen LogP contribution >= 0.6 is 22.9 Å². The summed E-state index contributed by atoms with van der Waals surface area (Å²) in [6.45, 7) is 6.82. The molecular weight excluding hydrogens is 212 g/mol. The molecule has 2 heteroatoms. The van der Waals surface area contributed by atoms with Crippen molar-refractivity contribution < 1.29 is 0 Å². The van der Waals surface area contributed by atoms with Crippen LogP contribution in [0.3, 0.4) is 0 Å². The molecule has 1 aliphatic rings. The van der Waals surface area contributed by atoms with Gasteiger partial charge in [-0.05, 0) is 35.8 Å². The average Bonchev–Trinajstić information content (AvgIpc) is 2.71. The summed E-state index contributed by atoms with van der Waals surface area (Å²) in [5.74, 6) is 2.35. The first kappa shape index (κ1) is 10.5. The normalized spacial score (nSPS) is 26.6. The summed E-state index contributed by atoms with van der Waals surface area (Å²) in [4.78, 5) is 3.04. The van der Waals surface area contributed by atoms with Crippen LogP contribution < -0.4 is 0 Å². The smallest absolute Gasteiger partial charge is 0.0258 e. The van der Waals surface area contributed by atoms with Gasteiger partial charge in [-0.3, -0.25) is 0 Å². The molecule has 0 aromatic carbocycles. The first-order chi connectivity index (χ1) is 6.52. The van der Waals surface area contributed by atoms with Gasteiger partial charge in [0.1, 0.15) is 0 Å². The van der Waals surface area contributed by atoms with Crippen molar-refractivity contribution in [2.24, 2.45) is 5.92 Å². The molecule has 0 spiro atoms. The van der Waals surface area contributed by atoms with E-state index in [9.17, 15) is 0 Å². The van der Waals surface area contributed by atoms with Crippen LogP contribution in [0.4, 0.5) is 0 Å². The zero-order valence-electron chi connectivity index (χ0n) is 9.01. The van der Waals surface area contributed by atoms with Crippen LogP contribution in [0.2, 0.25) is 0 Å². The van der Waals surface area contributed by atoms with Crippen LogP contribution in [0.15, 0.2) is 12.1 Å². The number of halogens is 1.